The largest absolute Gasteiger partial charge is 0.390 e. The molecule has 1 heterocycles. The summed E-state index contributed by atoms with van der Waals surface area (Å²) in [5.74, 6) is 0.123. The van der Waals surface area contributed by atoms with Crippen molar-refractivity contribution >= 4 is 5.91 Å². The molecule has 4 nitrogen and oxygen atoms in total. The molecule has 0 aromatic carbocycles. The highest BCUT2D eigenvalue weighted by Gasteiger charge is 2.18. The van der Waals surface area contributed by atoms with E-state index in [1.807, 2.05) is 6.92 Å². The van der Waals surface area contributed by atoms with Crippen molar-refractivity contribution in [1.82, 2.24) is 10.2 Å². The molecule has 1 aliphatic heterocycles. The third-order valence-corrected chi connectivity index (χ3v) is 2.02. The second kappa shape index (κ2) is 4.42. The molecular formula is C8H16N2O2. The van der Waals surface area contributed by atoms with Crippen molar-refractivity contribution in [2.24, 2.45) is 0 Å². The molecule has 1 atom stereocenters. The van der Waals surface area contributed by atoms with E-state index in [9.17, 15) is 9.90 Å². The molecule has 0 radical (unpaired) electrons. The molecule has 0 aromatic heterocycles. The molecule has 1 amide bonds. The lowest BCUT2D eigenvalue weighted by atomic mass is 10.3. The lowest BCUT2D eigenvalue weighted by Gasteiger charge is -2.20. The molecule has 1 aliphatic rings. The van der Waals surface area contributed by atoms with Gasteiger partial charge in [0.25, 0.3) is 0 Å². The lowest BCUT2D eigenvalue weighted by Crippen LogP contribution is -2.37. The first kappa shape index (κ1) is 9.48. The molecule has 1 unspecified atom stereocenters. The molecule has 70 valence electrons. The Kier molecular flexibility index (Phi) is 3.49. The van der Waals surface area contributed by atoms with Gasteiger partial charge in [-0.1, -0.05) is 6.92 Å². The highest BCUT2D eigenvalue weighted by molar-refractivity contribution is 5.75. The minimum Gasteiger partial charge on any atom is -0.390 e. The van der Waals surface area contributed by atoms with Gasteiger partial charge in [-0.25, -0.2) is 0 Å². The number of hydrogen-bond acceptors (Lipinski definition) is 3. The first-order valence-corrected chi connectivity index (χ1v) is 4.40. The van der Waals surface area contributed by atoms with Gasteiger partial charge in [-0.15, -0.1) is 0 Å². The zero-order valence-corrected chi connectivity index (χ0v) is 7.42. The van der Waals surface area contributed by atoms with E-state index in [0.717, 1.165) is 6.54 Å². The summed E-state index contributed by atoms with van der Waals surface area (Å²) in [5, 5.41) is 12.4. The van der Waals surface area contributed by atoms with E-state index in [1.165, 1.54) is 0 Å². The van der Waals surface area contributed by atoms with Crippen LogP contribution < -0.4 is 5.32 Å². The fourth-order valence-corrected chi connectivity index (χ4v) is 1.34. The zero-order valence-electron chi connectivity index (χ0n) is 7.42. The van der Waals surface area contributed by atoms with Gasteiger partial charge in [-0.3, -0.25) is 4.79 Å². The van der Waals surface area contributed by atoms with E-state index in [1.54, 1.807) is 4.90 Å². The molecule has 1 fully saturated rings. The third kappa shape index (κ3) is 2.46. The molecule has 0 aromatic rings. The van der Waals surface area contributed by atoms with Crippen LogP contribution in [0.25, 0.3) is 0 Å². The Bertz CT molecular complexity index is 161. The summed E-state index contributed by atoms with van der Waals surface area (Å²) < 4.78 is 0. The smallest absolute Gasteiger partial charge is 0.222 e. The standard InChI is InChI=1S/C8H16N2O2/c1-2-8(12)10-4-3-9-5-7(11)6-10/h7,9,11H,2-6H2,1H3. The van der Waals surface area contributed by atoms with Gasteiger partial charge in [0.05, 0.1) is 6.10 Å². The van der Waals surface area contributed by atoms with Crippen LogP contribution in [0.3, 0.4) is 0 Å². The average Bonchev–Trinajstić information content (AvgIpc) is 2.28. The second-order valence-electron chi connectivity index (χ2n) is 3.05. The zero-order chi connectivity index (χ0) is 8.97. The fourth-order valence-electron chi connectivity index (χ4n) is 1.34. The summed E-state index contributed by atoms with van der Waals surface area (Å²) >= 11 is 0. The number of β-amino-alcohol motifs (C(OH)–C–C–N with tert-alkyl or cyclic N) is 1. The van der Waals surface area contributed by atoms with Crippen LogP contribution in [0.15, 0.2) is 0 Å². The number of nitrogens with one attached hydrogen (secondary N) is 1. The van der Waals surface area contributed by atoms with E-state index >= 15 is 0 Å². The average molecular weight is 172 g/mol. The molecular weight excluding hydrogens is 156 g/mol. The summed E-state index contributed by atoms with van der Waals surface area (Å²) in [4.78, 5) is 13.0. The van der Waals surface area contributed by atoms with Gasteiger partial charge < -0.3 is 15.3 Å². The van der Waals surface area contributed by atoms with Gasteiger partial charge in [0.15, 0.2) is 0 Å². The first-order chi connectivity index (χ1) is 5.74. The summed E-state index contributed by atoms with van der Waals surface area (Å²) in [5.41, 5.74) is 0. The van der Waals surface area contributed by atoms with Crippen LogP contribution in [-0.4, -0.2) is 48.2 Å². The molecule has 1 saturated heterocycles. The Morgan fingerprint density at radius 3 is 3.17 bits per heavy atom. The van der Waals surface area contributed by atoms with E-state index in [2.05, 4.69) is 5.32 Å². The van der Waals surface area contributed by atoms with Crippen LogP contribution in [0.1, 0.15) is 13.3 Å². The number of aliphatic hydroxyl groups is 1. The van der Waals surface area contributed by atoms with Crippen LogP contribution in [0.4, 0.5) is 0 Å². The summed E-state index contributed by atoms with van der Waals surface area (Å²) in [6.45, 7) is 4.40. The Balaban J connectivity index is 2.46. The van der Waals surface area contributed by atoms with Crippen molar-refractivity contribution in [2.45, 2.75) is 19.4 Å². The van der Waals surface area contributed by atoms with Crippen molar-refractivity contribution in [3.63, 3.8) is 0 Å². The van der Waals surface area contributed by atoms with Gasteiger partial charge >= 0.3 is 0 Å². The Morgan fingerprint density at radius 1 is 1.75 bits per heavy atom. The second-order valence-corrected chi connectivity index (χ2v) is 3.05. The number of amides is 1. The van der Waals surface area contributed by atoms with Crippen LogP contribution in [0, 0.1) is 0 Å². The van der Waals surface area contributed by atoms with Gasteiger partial charge in [0.1, 0.15) is 0 Å². The van der Waals surface area contributed by atoms with Gasteiger partial charge in [-0.05, 0) is 0 Å². The third-order valence-electron chi connectivity index (χ3n) is 2.02. The SMILES string of the molecule is CCC(=O)N1CCNCC(O)C1. The Hall–Kier alpha value is -0.610. The molecule has 12 heavy (non-hydrogen) atoms. The Labute approximate surface area is 72.6 Å². The summed E-state index contributed by atoms with van der Waals surface area (Å²) in [6, 6.07) is 0. The van der Waals surface area contributed by atoms with E-state index in [-0.39, 0.29) is 5.91 Å². The van der Waals surface area contributed by atoms with E-state index in [4.69, 9.17) is 0 Å². The monoisotopic (exact) mass is 172 g/mol. The Morgan fingerprint density at radius 2 is 2.50 bits per heavy atom. The van der Waals surface area contributed by atoms with E-state index < -0.39 is 6.10 Å². The molecule has 1 rings (SSSR count). The molecule has 2 N–H and O–H groups in total. The van der Waals surface area contributed by atoms with Crippen molar-refractivity contribution in [3.05, 3.63) is 0 Å². The maximum absolute atomic E-state index is 11.3. The van der Waals surface area contributed by atoms with Crippen LogP contribution in [0.5, 0.6) is 0 Å². The highest BCUT2D eigenvalue weighted by Crippen LogP contribution is 1.98. The van der Waals surface area contributed by atoms with Gasteiger partial charge in [0, 0.05) is 32.6 Å². The van der Waals surface area contributed by atoms with Crippen molar-refractivity contribution in [3.8, 4) is 0 Å². The van der Waals surface area contributed by atoms with Gasteiger partial charge in [0.2, 0.25) is 5.91 Å². The maximum Gasteiger partial charge on any atom is 0.222 e. The fraction of sp³-hybridized carbons (Fsp3) is 0.875. The molecule has 0 aliphatic carbocycles. The topological polar surface area (TPSA) is 52.6 Å². The summed E-state index contributed by atoms with van der Waals surface area (Å²) in [6.07, 6.45) is 0.107. The molecule has 0 spiro atoms. The van der Waals surface area contributed by atoms with Crippen molar-refractivity contribution in [2.75, 3.05) is 26.2 Å². The lowest BCUT2D eigenvalue weighted by molar-refractivity contribution is -0.131. The number of carbonyl (C=O) groups excluding carboxylic acids is 1. The van der Waals surface area contributed by atoms with Crippen LogP contribution in [-0.2, 0) is 4.79 Å². The first-order valence-electron chi connectivity index (χ1n) is 4.40. The molecule has 0 bridgehead atoms. The normalized spacial score (nSPS) is 25.2. The minimum absolute atomic E-state index is 0.123. The minimum atomic E-state index is -0.414. The van der Waals surface area contributed by atoms with E-state index in [0.29, 0.717) is 26.1 Å². The molecule has 0 saturated carbocycles. The number of rotatable bonds is 1. The predicted molar refractivity (Wildman–Crippen MR) is 45.7 cm³/mol. The predicted octanol–water partition coefficient (Wildman–Crippen LogP) is -0.811. The molecule has 4 heteroatoms. The van der Waals surface area contributed by atoms with Crippen LogP contribution in [0.2, 0.25) is 0 Å². The number of hydrogen-bond donors (Lipinski definition) is 2. The van der Waals surface area contributed by atoms with Crippen molar-refractivity contribution < 1.29 is 9.90 Å². The summed E-state index contributed by atoms with van der Waals surface area (Å²) in [7, 11) is 0. The number of carbonyl (C=O) groups is 1. The maximum atomic E-state index is 11.3. The van der Waals surface area contributed by atoms with Crippen LogP contribution >= 0.6 is 0 Å². The van der Waals surface area contributed by atoms with Gasteiger partial charge in [-0.2, -0.15) is 0 Å². The number of nitrogens with zero attached hydrogens (tertiary/aromatic N) is 1. The quantitative estimate of drug-likeness (QED) is 0.544. The highest BCUT2D eigenvalue weighted by atomic mass is 16.3. The van der Waals surface area contributed by atoms with Crippen molar-refractivity contribution in [1.29, 1.82) is 0 Å². The number of aliphatic hydroxyl groups excluding tert-OH is 1.